The van der Waals surface area contributed by atoms with Crippen LogP contribution in [0, 0.1) is 12.7 Å². The molecule has 0 bridgehead atoms. The Morgan fingerprint density at radius 2 is 2.16 bits per heavy atom. The molecule has 8 nitrogen and oxygen atoms in total. The van der Waals surface area contributed by atoms with Gasteiger partial charge in [0.1, 0.15) is 18.0 Å². The highest BCUT2D eigenvalue weighted by molar-refractivity contribution is 6.30. The van der Waals surface area contributed by atoms with Crippen LogP contribution in [0.25, 0.3) is 0 Å². The molecule has 166 valence electrons. The topological polar surface area (TPSA) is 104 Å². The Labute approximate surface area is 189 Å². The first-order valence-electron chi connectivity index (χ1n) is 10.2. The number of carbonyl (C=O) groups is 1. The molecule has 0 unspecified atom stereocenters. The molecule has 0 spiro atoms. The lowest BCUT2D eigenvalue weighted by Gasteiger charge is -2.30. The molecule has 10 heteroatoms. The molecular weight excluding hydrogens is 435 g/mol. The fourth-order valence-corrected chi connectivity index (χ4v) is 3.69. The van der Waals surface area contributed by atoms with Crippen LogP contribution in [-0.2, 0) is 19.4 Å². The molecule has 3 aromatic rings. The lowest BCUT2D eigenvalue weighted by atomic mass is 10.1. The van der Waals surface area contributed by atoms with Gasteiger partial charge in [0.15, 0.2) is 0 Å². The molecule has 0 radical (unpaired) electrons. The van der Waals surface area contributed by atoms with Gasteiger partial charge < -0.3 is 15.3 Å². The molecule has 3 heterocycles. The van der Waals surface area contributed by atoms with E-state index < -0.39 is 11.9 Å². The van der Waals surface area contributed by atoms with E-state index >= 15 is 0 Å². The summed E-state index contributed by atoms with van der Waals surface area (Å²) in [5, 5.41) is 12.5. The van der Waals surface area contributed by atoms with E-state index in [0.29, 0.717) is 37.3 Å². The summed E-state index contributed by atoms with van der Waals surface area (Å²) in [6.07, 6.45) is 4.40. The SMILES string of the molecule is Cc1cc(Cc2ncc3c(n2)CN(C(=O)N[C@H](CO)c2ccc(Cl)c(F)c2)CC3)ncn1. The standard InChI is InChI=1S/C22H22ClFN6O2/c1-13-6-16(27-12-26-13)8-21-25-9-15-4-5-30(10-19(15)28-21)22(32)29-20(11-31)14-2-3-17(23)18(24)7-14/h2-3,6-7,9,12,20,31H,4-5,8,10-11H2,1H3,(H,29,32)/t20-/m1/s1. The second kappa shape index (κ2) is 9.54. The Morgan fingerprint density at radius 3 is 2.91 bits per heavy atom. The summed E-state index contributed by atoms with van der Waals surface area (Å²) >= 11 is 5.72. The number of benzene rings is 1. The second-order valence-corrected chi connectivity index (χ2v) is 8.02. The minimum Gasteiger partial charge on any atom is -0.394 e. The fraction of sp³-hybridized carbons (Fsp3) is 0.318. The predicted molar refractivity (Wildman–Crippen MR) is 115 cm³/mol. The summed E-state index contributed by atoms with van der Waals surface area (Å²) in [6, 6.07) is 4.96. The number of carbonyl (C=O) groups excluding carboxylic acids is 1. The highest BCUT2D eigenvalue weighted by atomic mass is 35.5. The summed E-state index contributed by atoms with van der Waals surface area (Å²) in [6.45, 7) is 2.32. The smallest absolute Gasteiger partial charge is 0.318 e. The number of nitrogens with zero attached hydrogens (tertiary/aromatic N) is 5. The van der Waals surface area contributed by atoms with Gasteiger partial charge in [-0.25, -0.2) is 29.1 Å². The Morgan fingerprint density at radius 1 is 1.31 bits per heavy atom. The number of aryl methyl sites for hydroxylation is 1. The molecule has 2 amide bonds. The average molecular weight is 457 g/mol. The number of hydrogen-bond donors (Lipinski definition) is 2. The van der Waals surface area contributed by atoms with Crippen molar-refractivity contribution < 1.29 is 14.3 Å². The zero-order chi connectivity index (χ0) is 22.7. The van der Waals surface area contributed by atoms with Gasteiger partial charge in [-0.2, -0.15) is 0 Å². The lowest BCUT2D eigenvalue weighted by molar-refractivity contribution is 0.176. The molecule has 32 heavy (non-hydrogen) atoms. The number of hydrogen-bond acceptors (Lipinski definition) is 6. The van der Waals surface area contributed by atoms with Gasteiger partial charge in [-0.05, 0) is 42.7 Å². The minimum atomic E-state index is -0.752. The number of halogens is 2. The Bertz CT molecular complexity index is 1150. The molecule has 0 saturated carbocycles. The molecule has 1 aliphatic heterocycles. The minimum absolute atomic E-state index is 0.0166. The predicted octanol–water partition coefficient (Wildman–Crippen LogP) is 2.76. The first-order valence-corrected chi connectivity index (χ1v) is 10.5. The van der Waals surface area contributed by atoms with E-state index in [1.807, 2.05) is 13.0 Å². The van der Waals surface area contributed by atoms with Gasteiger partial charge in [0.25, 0.3) is 0 Å². The highest BCUT2D eigenvalue weighted by Crippen LogP contribution is 2.22. The van der Waals surface area contributed by atoms with Crippen molar-refractivity contribution >= 4 is 17.6 Å². The van der Waals surface area contributed by atoms with E-state index in [4.69, 9.17) is 11.6 Å². The third-order valence-corrected chi connectivity index (χ3v) is 5.62. The van der Waals surface area contributed by atoms with Gasteiger partial charge >= 0.3 is 6.03 Å². The van der Waals surface area contributed by atoms with Gasteiger partial charge in [-0.1, -0.05) is 17.7 Å². The molecule has 4 rings (SSSR count). The monoisotopic (exact) mass is 456 g/mol. The quantitative estimate of drug-likeness (QED) is 0.611. The summed E-state index contributed by atoms with van der Waals surface area (Å²) in [7, 11) is 0. The van der Waals surface area contributed by atoms with Crippen LogP contribution in [0.3, 0.4) is 0 Å². The van der Waals surface area contributed by atoms with E-state index in [0.717, 1.165) is 22.6 Å². The molecule has 2 aromatic heterocycles. The van der Waals surface area contributed by atoms with Crippen molar-refractivity contribution in [1.29, 1.82) is 0 Å². The number of fused-ring (bicyclic) bond motifs is 1. The van der Waals surface area contributed by atoms with Crippen LogP contribution in [0.15, 0.2) is 36.8 Å². The maximum absolute atomic E-state index is 13.8. The molecule has 1 atom stereocenters. The zero-order valence-corrected chi connectivity index (χ0v) is 18.2. The van der Waals surface area contributed by atoms with Crippen LogP contribution < -0.4 is 5.32 Å². The molecule has 1 aliphatic rings. The average Bonchev–Trinajstić information content (AvgIpc) is 2.78. The van der Waals surface area contributed by atoms with Crippen molar-refractivity contribution in [2.75, 3.05) is 13.2 Å². The number of aliphatic hydroxyl groups is 1. The Kier molecular flexibility index (Phi) is 6.57. The van der Waals surface area contributed by atoms with Gasteiger partial charge in [0.2, 0.25) is 0 Å². The first kappa shape index (κ1) is 22.0. The zero-order valence-electron chi connectivity index (χ0n) is 17.4. The molecule has 1 aromatic carbocycles. The van der Waals surface area contributed by atoms with E-state index in [1.54, 1.807) is 17.2 Å². The van der Waals surface area contributed by atoms with Gasteiger partial charge in [0, 0.05) is 18.4 Å². The third-order valence-electron chi connectivity index (χ3n) is 5.31. The van der Waals surface area contributed by atoms with Crippen molar-refractivity contribution in [3.8, 4) is 0 Å². The van der Waals surface area contributed by atoms with Crippen LogP contribution in [0.5, 0.6) is 0 Å². The van der Waals surface area contributed by atoms with E-state index in [-0.39, 0.29) is 17.7 Å². The van der Waals surface area contributed by atoms with Crippen molar-refractivity contribution in [2.24, 2.45) is 0 Å². The number of nitrogens with one attached hydrogen (secondary N) is 1. The largest absolute Gasteiger partial charge is 0.394 e. The molecular formula is C22H22ClFN6O2. The van der Waals surface area contributed by atoms with E-state index in [9.17, 15) is 14.3 Å². The van der Waals surface area contributed by atoms with Gasteiger partial charge in [0.05, 0.1) is 42.0 Å². The van der Waals surface area contributed by atoms with Crippen molar-refractivity contribution in [2.45, 2.75) is 32.4 Å². The third kappa shape index (κ3) is 5.00. The summed E-state index contributed by atoms with van der Waals surface area (Å²) in [5.41, 5.74) is 3.90. The van der Waals surface area contributed by atoms with Crippen LogP contribution >= 0.6 is 11.6 Å². The normalized spacial score (nSPS) is 14.1. The fourth-order valence-electron chi connectivity index (χ4n) is 3.58. The van der Waals surface area contributed by atoms with Gasteiger partial charge in [-0.15, -0.1) is 0 Å². The second-order valence-electron chi connectivity index (χ2n) is 7.62. The number of amides is 2. The van der Waals surface area contributed by atoms with Gasteiger partial charge in [-0.3, -0.25) is 0 Å². The Balaban J connectivity index is 1.45. The molecule has 0 aliphatic carbocycles. The van der Waals surface area contributed by atoms with Crippen LogP contribution in [0.1, 0.15) is 40.1 Å². The number of aromatic nitrogens is 4. The summed E-state index contributed by atoms with van der Waals surface area (Å²) in [4.78, 5) is 31.9. The van der Waals surface area contributed by atoms with Crippen LogP contribution in [0.2, 0.25) is 5.02 Å². The number of urea groups is 1. The lowest BCUT2D eigenvalue weighted by Crippen LogP contribution is -2.45. The number of aliphatic hydroxyl groups excluding tert-OH is 1. The molecule has 0 fully saturated rings. The van der Waals surface area contributed by atoms with E-state index in [1.165, 1.54) is 18.5 Å². The van der Waals surface area contributed by atoms with Crippen molar-refractivity contribution in [3.05, 3.63) is 81.7 Å². The highest BCUT2D eigenvalue weighted by Gasteiger charge is 2.25. The maximum atomic E-state index is 13.8. The number of rotatable bonds is 5. The molecule has 2 N–H and O–H groups in total. The van der Waals surface area contributed by atoms with Crippen LogP contribution in [0.4, 0.5) is 9.18 Å². The molecule has 0 saturated heterocycles. The maximum Gasteiger partial charge on any atom is 0.318 e. The van der Waals surface area contributed by atoms with Crippen LogP contribution in [-0.4, -0.2) is 49.1 Å². The summed E-state index contributed by atoms with van der Waals surface area (Å²) < 4.78 is 13.8. The van der Waals surface area contributed by atoms with Crippen molar-refractivity contribution in [1.82, 2.24) is 30.2 Å². The first-order chi connectivity index (χ1) is 15.4. The Hall–Kier alpha value is -3.17. The van der Waals surface area contributed by atoms with Crippen molar-refractivity contribution in [3.63, 3.8) is 0 Å². The van der Waals surface area contributed by atoms with E-state index in [2.05, 4.69) is 25.3 Å². The summed E-state index contributed by atoms with van der Waals surface area (Å²) in [5.74, 6) is 0.0147.